The van der Waals surface area contributed by atoms with Gasteiger partial charge in [0.1, 0.15) is 49.2 Å². The third-order valence-electron chi connectivity index (χ3n) is 12.8. The van der Waals surface area contributed by atoms with E-state index in [1.807, 2.05) is 24.3 Å². The van der Waals surface area contributed by atoms with Crippen LogP contribution in [-0.4, -0.2) is 143 Å². The number of nitrogens with one attached hydrogen (secondary N) is 2. The van der Waals surface area contributed by atoms with Gasteiger partial charge in [-0.2, -0.15) is 0 Å². The topological polar surface area (TPSA) is 138 Å². The summed E-state index contributed by atoms with van der Waals surface area (Å²) in [4.78, 5) is 18.7. The maximum Gasteiger partial charge on any atom is 0.124 e. The second-order valence-electron chi connectivity index (χ2n) is 23.7. The van der Waals surface area contributed by atoms with Gasteiger partial charge in [0.05, 0.1) is 107 Å². The first-order valence-electron chi connectivity index (χ1n) is 24.4. The Hall–Kier alpha value is -4.56. The average molecular weight is 1470 g/mol. The van der Waals surface area contributed by atoms with Crippen LogP contribution in [0.2, 0.25) is 0 Å². The summed E-state index contributed by atoms with van der Waals surface area (Å²) in [5.74, 6) is 0.937. The zero-order chi connectivity index (χ0) is 51.7. The number of hydrogen-bond acceptors (Lipinski definition) is 6. The molecule has 3 aromatic heterocycles. The molecule has 7 aromatic rings. The molecule has 402 valence electrons. The highest BCUT2D eigenvalue weighted by Crippen LogP contribution is 2.41. The normalized spacial score (nSPS) is 12.4. The number of fused-ring (bicyclic) bond motifs is 8. The monoisotopic (exact) mass is 1470 g/mol. The summed E-state index contributed by atoms with van der Waals surface area (Å²) in [6.07, 6.45) is 8.23. The van der Waals surface area contributed by atoms with E-state index in [-0.39, 0.29) is 119 Å². The van der Waals surface area contributed by atoms with Crippen LogP contribution in [0, 0.1) is 0 Å². The van der Waals surface area contributed by atoms with Gasteiger partial charge in [0.15, 0.2) is 0 Å². The summed E-state index contributed by atoms with van der Waals surface area (Å²) in [7, 11) is 25.3. The van der Waals surface area contributed by atoms with Gasteiger partial charge in [-0.15, -0.1) is 0 Å². The summed E-state index contributed by atoms with van der Waals surface area (Å²) >= 11 is 0. The van der Waals surface area contributed by atoms with Crippen molar-refractivity contribution in [2.24, 2.45) is 0 Å². The highest BCUT2D eigenvalue weighted by atomic mass is 127. The number of phenolic OH excluding ortho intramolecular Hbond substituents is 4. The number of phenols is 4. The van der Waals surface area contributed by atoms with E-state index in [0.717, 1.165) is 112 Å². The first-order chi connectivity index (χ1) is 33.8. The molecule has 0 saturated heterocycles. The zero-order valence-electron chi connectivity index (χ0n) is 45.4. The number of hydrogen-bond donors (Lipinski definition) is 6. The van der Waals surface area contributed by atoms with Gasteiger partial charge in [-0.1, -0.05) is 24.3 Å². The van der Waals surface area contributed by atoms with Crippen molar-refractivity contribution < 1.29 is 134 Å². The molecule has 2 aliphatic heterocycles. The van der Waals surface area contributed by atoms with Crippen LogP contribution >= 0.6 is 0 Å². The maximum atomic E-state index is 11.2. The maximum absolute atomic E-state index is 11.2. The molecular weight excluding hydrogens is 1400 g/mol. The lowest BCUT2D eigenvalue weighted by Crippen LogP contribution is -3.00. The fourth-order valence-electron chi connectivity index (χ4n) is 9.93. The Balaban J connectivity index is 0.00000267. The molecule has 0 fully saturated rings. The summed E-state index contributed by atoms with van der Waals surface area (Å²) in [6, 6.07) is 31.5. The number of aromatic nitrogens is 4. The van der Waals surface area contributed by atoms with Gasteiger partial charge < -0.3 is 144 Å². The molecule has 8 bridgehead atoms. The van der Waals surface area contributed by atoms with Crippen molar-refractivity contribution in [3.8, 4) is 67.5 Å². The minimum atomic E-state index is 0. The van der Waals surface area contributed by atoms with Crippen molar-refractivity contribution in [2.45, 2.75) is 26.2 Å². The number of H-pyrrole nitrogens is 2. The Morgan fingerprint density at radius 1 is 0.316 bits per heavy atom. The van der Waals surface area contributed by atoms with Crippen LogP contribution in [0.3, 0.4) is 0 Å². The van der Waals surface area contributed by atoms with E-state index in [1.54, 1.807) is 24.3 Å². The number of benzene rings is 4. The Labute approximate surface area is 516 Å². The molecule has 16 heteroatoms. The van der Waals surface area contributed by atoms with E-state index in [2.05, 4.69) is 167 Å². The number of halogens is 4. The standard InChI is InChI=1S/C60H66N8O4.4HI/c1-65(2,3)33-41-29-37(13-25-53(41)69)57-45-17-19-47(61-45)58(38-14-26-54(70)42(30-38)34-66(4,5)6)49-21-23-51(63-49)60(40-16-28-56(72)44(32-40)36-68(10,11)12)52-24-22-50(64-52)59(48-20-18-46(57)62-48)39-15-27-55(71)43(31-39)35-67(7,8)9;;;;/h13-32H,33-36H2,1-12H3,(H2-4,61,62,63,64,69,70,71,72);4*1H. The SMILES string of the molecule is C[N+](C)(C)Cc1cc(-c2c3nc(c(-c4ccc(O)c(C[N+](C)(C)C)c4)c4ccc([nH]4)c(-c4ccc(O)c(C[N+](C)(C)C)c4)c4nc(c(-c5ccc(O)c(C[N+](C)(C)C)c5)c5ccc2[nH]5)C=C4)C=C3)ccc1O.[I-].[I-].[I-].[I-]. The number of nitrogens with zero attached hydrogens (tertiary/aromatic N) is 6. The van der Waals surface area contributed by atoms with Crippen molar-refractivity contribution >= 4 is 46.4 Å². The molecule has 4 aromatic carbocycles. The minimum Gasteiger partial charge on any atom is -1.00 e. The van der Waals surface area contributed by atoms with Gasteiger partial charge in [-0.3, -0.25) is 0 Å². The molecule has 12 nitrogen and oxygen atoms in total. The summed E-state index contributed by atoms with van der Waals surface area (Å²) in [5, 5.41) is 45.0. The predicted molar refractivity (Wildman–Crippen MR) is 294 cm³/mol. The fraction of sp³-hybridized carbons (Fsp3) is 0.267. The van der Waals surface area contributed by atoms with Crippen molar-refractivity contribution in [2.75, 3.05) is 84.6 Å². The van der Waals surface area contributed by atoms with Crippen LogP contribution in [0.4, 0.5) is 0 Å². The molecule has 2 aliphatic rings. The molecule has 0 amide bonds. The Morgan fingerprint density at radius 3 is 0.697 bits per heavy atom. The molecule has 0 unspecified atom stereocenters. The predicted octanol–water partition coefficient (Wildman–Crippen LogP) is -1.01. The molecular formula is C60H70I4N8O4. The summed E-state index contributed by atoms with van der Waals surface area (Å²) in [5.41, 5.74) is 16.4. The third kappa shape index (κ3) is 14.2. The van der Waals surface area contributed by atoms with Crippen molar-refractivity contribution in [3.05, 3.63) is 142 Å². The second kappa shape index (κ2) is 23.8. The Kier molecular flexibility index (Phi) is 19.5. The molecule has 6 N–H and O–H groups in total. The van der Waals surface area contributed by atoms with Gasteiger partial charge in [0.2, 0.25) is 0 Å². The molecule has 0 saturated carbocycles. The van der Waals surface area contributed by atoms with Crippen LogP contribution in [0.15, 0.2) is 97.1 Å². The van der Waals surface area contributed by atoms with Crippen LogP contribution in [-0.2, 0) is 26.2 Å². The van der Waals surface area contributed by atoms with E-state index >= 15 is 0 Å². The van der Waals surface area contributed by atoms with E-state index in [4.69, 9.17) is 9.97 Å². The lowest BCUT2D eigenvalue weighted by molar-refractivity contribution is -0.884. The Morgan fingerprint density at radius 2 is 0.513 bits per heavy atom. The van der Waals surface area contributed by atoms with Gasteiger partial charge in [0, 0.05) is 66.6 Å². The lowest BCUT2D eigenvalue weighted by Gasteiger charge is -2.24. The lowest BCUT2D eigenvalue weighted by atomic mass is 10.00. The van der Waals surface area contributed by atoms with Crippen LogP contribution in [0.1, 0.15) is 45.0 Å². The number of aromatic amines is 2. The van der Waals surface area contributed by atoms with Gasteiger partial charge in [-0.05, 0) is 119 Å². The van der Waals surface area contributed by atoms with Crippen LogP contribution in [0.5, 0.6) is 23.0 Å². The van der Waals surface area contributed by atoms with E-state index < -0.39 is 0 Å². The van der Waals surface area contributed by atoms with Crippen LogP contribution < -0.4 is 95.9 Å². The van der Waals surface area contributed by atoms with Gasteiger partial charge in [0.25, 0.3) is 0 Å². The van der Waals surface area contributed by atoms with Gasteiger partial charge in [-0.25, -0.2) is 9.97 Å². The molecule has 0 atom stereocenters. The molecule has 0 radical (unpaired) electrons. The number of quaternary nitrogens is 4. The first kappa shape index (κ1) is 62.3. The molecule has 9 rings (SSSR count). The quantitative estimate of drug-likeness (QED) is 0.0686. The minimum absolute atomic E-state index is 0. The summed E-state index contributed by atoms with van der Waals surface area (Å²) in [6.45, 7) is 2.41. The third-order valence-corrected chi connectivity index (χ3v) is 12.8. The van der Waals surface area contributed by atoms with Crippen molar-refractivity contribution in [1.82, 2.24) is 19.9 Å². The Bertz CT molecular complexity index is 3080. The molecule has 76 heavy (non-hydrogen) atoms. The molecule has 5 heterocycles. The smallest absolute Gasteiger partial charge is 0.124 e. The molecule has 0 aliphatic carbocycles. The number of rotatable bonds is 12. The highest BCUT2D eigenvalue weighted by molar-refractivity contribution is 6.00. The van der Waals surface area contributed by atoms with Gasteiger partial charge >= 0.3 is 0 Å². The average Bonchev–Trinajstić information content (AvgIpc) is 4.11. The van der Waals surface area contributed by atoms with Crippen molar-refractivity contribution in [1.29, 1.82) is 0 Å². The van der Waals surface area contributed by atoms with E-state index in [1.165, 1.54) is 0 Å². The van der Waals surface area contributed by atoms with Crippen LogP contribution in [0.25, 0.3) is 90.9 Å². The van der Waals surface area contributed by atoms with Crippen molar-refractivity contribution in [3.63, 3.8) is 0 Å². The largest absolute Gasteiger partial charge is 1.00 e. The van der Waals surface area contributed by atoms with E-state index in [9.17, 15) is 20.4 Å². The highest BCUT2D eigenvalue weighted by Gasteiger charge is 2.24. The second-order valence-corrected chi connectivity index (χ2v) is 23.7. The summed E-state index contributed by atoms with van der Waals surface area (Å²) < 4.78 is 2.48. The van der Waals surface area contributed by atoms with E-state index in [0.29, 0.717) is 44.1 Å². The first-order valence-corrected chi connectivity index (χ1v) is 24.4. The number of aromatic hydroxyl groups is 4. The molecule has 0 spiro atoms. The fourth-order valence-corrected chi connectivity index (χ4v) is 9.93. The zero-order valence-corrected chi connectivity index (χ0v) is 54.0.